The second-order valence-corrected chi connectivity index (χ2v) is 15.9. The van der Waals surface area contributed by atoms with Gasteiger partial charge in [-0.1, -0.05) is 133 Å². The summed E-state index contributed by atoms with van der Waals surface area (Å²) in [7, 11) is 2.91. The third-order valence-corrected chi connectivity index (χ3v) is 11.7. The van der Waals surface area contributed by atoms with Crippen LogP contribution in [0.1, 0.15) is 64.9 Å². The molecule has 0 radical (unpaired) electrons. The molecule has 10 heteroatoms. The zero-order chi connectivity index (χ0) is 42.8. The number of aromatic nitrogens is 2. The molecule has 0 bridgehead atoms. The molecule has 0 saturated carbocycles. The van der Waals surface area contributed by atoms with Crippen molar-refractivity contribution in [3.63, 3.8) is 0 Å². The van der Waals surface area contributed by atoms with E-state index >= 15 is 4.39 Å². The summed E-state index contributed by atoms with van der Waals surface area (Å²) < 4.78 is 42.1. The zero-order valence-electron chi connectivity index (χ0n) is 35.2. The van der Waals surface area contributed by atoms with Crippen LogP contribution in [0.5, 0.6) is 11.5 Å². The number of benzene rings is 6. The van der Waals surface area contributed by atoms with Gasteiger partial charge in [0.25, 0.3) is 0 Å². The SMILES string of the molecule is COc1cc2nc(C3CCN(C(=O)C[C@H](c4ccc(F)cc4)N(Cc4ccccc4)Cc4ccccc4)CC3)nc(N(Cc3ccccc3)Cc3ccccc3)c2c(F)c1OC. The van der Waals surface area contributed by atoms with Crippen molar-refractivity contribution in [3.05, 3.63) is 197 Å². The van der Waals surface area contributed by atoms with Gasteiger partial charge in [0, 0.05) is 63.7 Å². The van der Waals surface area contributed by atoms with Crippen LogP contribution in [-0.4, -0.2) is 53.0 Å². The molecule has 1 aromatic heterocycles. The van der Waals surface area contributed by atoms with Crippen molar-refractivity contribution in [2.24, 2.45) is 0 Å². The van der Waals surface area contributed by atoms with E-state index in [9.17, 15) is 9.18 Å². The number of piperidine rings is 1. The number of carbonyl (C=O) groups is 1. The van der Waals surface area contributed by atoms with E-state index in [0.717, 1.165) is 27.8 Å². The minimum atomic E-state index is -0.584. The van der Waals surface area contributed by atoms with Crippen LogP contribution < -0.4 is 14.4 Å². The zero-order valence-corrected chi connectivity index (χ0v) is 35.2. The Bertz CT molecular complexity index is 2460. The third-order valence-electron chi connectivity index (χ3n) is 11.7. The highest BCUT2D eigenvalue weighted by Crippen LogP contribution is 2.41. The normalized spacial score (nSPS) is 13.6. The van der Waals surface area contributed by atoms with E-state index < -0.39 is 5.82 Å². The Balaban J connectivity index is 1.09. The van der Waals surface area contributed by atoms with Crippen LogP contribution in [0.15, 0.2) is 152 Å². The number of halogens is 2. The molecule has 0 N–H and O–H groups in total. The predicted molar refractivity (Wildman–Crippen MR) is 240 cm³/mol. The number of hydrogen-bond acceptors (Lipinski definition) is 7. The maximum atomic E-state index is 16.7. The van der Waals surface area contributed by atoms with Crippen LogP contribution in [0.4, 0.5) is 14.6 Å². The smallest absolute Gasteiger partial charge is 0.224 e. The summed E-state index contributed by atoms with van der Waals surface area (Å²) in [6, 6.07) is 48.5. The second kappa shape index (κ2) is 19.8. The summed E-state index contributed by atoms with van der Waals surface area (Å²) in [6.07, 6.45) is 1.48. The molecule has 1 aliphatic heterocycles. The van der Waals surface area contributed by atoms with E-state index in [1.165, 1.54) is 26.4 Å². The van der Waals surface area contributed by atoms with E-state index in [2.05, 4.69) is 58.3 Å². The molecule has 1 amide bonds. The second-order valence-electron chi connectivity index (χ2n) is 15.9. The van der Waals surface area contributed by atoms with Gasteiger partial charge in [0.2, 0.25) is 5.91 Å². The molecular weight excluding hydrogens is 781 g/mol. The molecule has 8 nitrogen and oxygen atoms in total. The topological polar surface area (TPSA) is 71.0 Å². The summed E-state index contributed by atoms with van der Waals surface area (Å²) in [5.41, 5.74) is 5.66. The highest BCUT2D eigenvalue weighted by molar-refractivity contribution is 5.93. The molecule has 62 heavy (non-hydrogen) atoms. The van der Waals surface area contributed by atoms with Crippen LogP contribution in [0.3, 0.4) is 0 Å². The predicted octanol–water partition coefficient (Wildman–Crippen LogP) is 10.7. The first-order valence-electron chi connectivity index (χ1n) is 21.2. The van der Waals surface area contributed by atoms with Gasteiger partial charge < -0.3 is 19.3 Å². The molecule has 1 atom stereocenters. The van der Waals surface area contributed by atoms with Gasteiger partial charge >= 0.3 is 0 Å². The molecular formula is C52H51F2N5O3. The van der Waals surface area contributed by atoms with E-state index in [1.807, 2.05) is 77.7 Å². The average Bonchev–Trinajstić information content (AvgIpc) is 3.31. The first-order valence-corrected chi connectivity index (χ1v) is 21.2. The molecule has 316 valence electrons. The minimum absolute atomic E-state index is 0.00571. The van der Waals surface area contributed by atoms with Crippen molar-refractivity contribution in [1.29, 1.82) is 0 Å². The monoisotopic (exact) mass is 831 g/mol. The Labute approximate surface area is 362 Å². The standard InChI is InChI=1S/C52H51F2N5O3/c1-61-46-31-44-48(49(54)50(46)62-2)52(59(35-39-19-11-5-12-20-39)36-40-21-13-6-14-22-40)56-51(55-44)42-27-29-57(30-28-42)47(60)32-45(41-23-25-43(53)26-24-41)58(33-37-15-7-3-8-16-37)34-38-17-9-4-10-18-38/h3-26,31,42,45H,27-30,32-36H2,1-2H3/t45-/m1/s1. The van der Waals surface area contributed by atoms with Crippen LogP contribution in [0.25, 0.3) is 10.9 Å². The number of rotatable bonds is 16. The fraction of sp³-hybridized carbons (Fsp3) is 0.250. The Morgan fingerprint density at radius 1 is 0.677 bits per heavy atom. The Morgan fingerprint density at radius 2 is 1.18 bits per heavy atom. The lowest BCUT2D eigenvalue weighted by molar-refractivity contribution is -0.133. The lowest BCUT2D eigenvalue weighted by Gasteiger charge is -2.36. The van der Waals surface area contributed by atoms with Crippen molar-refractivity contribution in [2.75, 3.05) is 32.2 Å². The summed E-state index contributed by atoms with van der Waals surface area (Å²) in [5.74, 6) is 0.339. The van der Waals surface area contributed by atoms with Gasteiger partial charge in [0.15, 0.2) is 17.3 Å². The first-order chi connectivity index (χ1) is 30.4. The van der Waals surface area contributed by atoms with Crippen molar-refractivity contribution in [1.82, 2.24) is 19.8 Å². The largest absolute Gasteiger partial charge is 0.493 e. The van der Waals surface area contributed by atoms with Gasteiger partial charge in [-0.05, 0) is 52.8 Å². The van der Waals surface area contributed by atoms with E-state index in [-0.39, 0.29) is 47.0 Å². The quantitative estimate of drug-likeness (QED) is 0.0960. The highest BCUT2D eigenvalue weighted by atomic mass is 19.1. The van der Waals surface area contributed by atoms with Crippen molar-refractivity contribution < 1.29 is 23.0 Å². The number of hydrogen-bond donors (Lipinski definition) is 0. The number of fused-ring (bicyclic) bond motifs is 1. The molecule has 8 rings (SSSR count). The van der Waals surface area contributed by atoms with E-state index in [4.69, 9.17) is 19.4 Å². The van der Waals surface area contributed by atoms with E-state index in [0.29, 0.717) is 69.3 Å². The summed E-state index contributed by atoms with van der Waals surface area (Å²) in [4.78, 5) is 31.0. The maximum absolute atomic E-state index is 16.7. The summed E-state index contributed by atoms with van der Waals surface area (Å²) in [6.45, 7) is 3.18. The van der Waals surface area contributed by atoms with Crippen LogP contribution in [0.2, 0.25) is 0 Å². The van der Waals surface area contributed by atoms with Crippen molar-refractivity contribution in [2.45, 2.75) is 57.4 Å². The van der Waals surface area contributed by atoms with Gasteiger partial charge in [-0.3, -0.25) is 9.69 Å². The molecule has 0 spiro atoms. The maximum Gasteiger partial charge on any atom is 0.224 e. The molecule has 1 aliphatic rings. The first kappa shape index (κ1) is 42.1. The Hall–Kier alpha value is -6.65. The average molecular weight is 832 g/mol. The Kier molecular flexibility index (Phi) is 13.4. The molecule has 2 heterocycles. The molecule has 6 aromatic carbocycles. The van der Waals surface area contributed by atoms with Crippen molar-refractivity contribution in [3.8, 4) is 11.5 Å². The van der Waals surface area contributed by atoms with Crippen molar-refractivity contribution >= 4 is 22.6 Å². The number of amides is 1. The van der Waals surface area contributed by atoms with Gasteiger partial charge in [0.1, 0.15) is 17.5 Å². The van der Waals surface area contributed by atoms with Gasteiger partial charge in [-0.2, -0.15) is 0 Å². The van der Waals surface area contributed by atoms with E-state index in [1.54, 1.807) is 18.2 Å². The lowest BCUT2D eigenvalue weighted by atomic mass is 9.94. The summed E-state index contributed by atoms with van der Waals surface area (Å²) >= 11 is 0. The molecule has 1 saturated heterocycles. The number of methoxy groups -OCH3 is 2. The van der Waals surface area contributed by atoms with Gasteiger partial charge in [0.05, 0.1) is 25.1 Å². The number of likely N-dealkylation sites (tertiary alicyclic amines) is 1. The number of anilines is 1. The number of ether oxygens (including phenoxy) is 2. The fourth-order valence-electron chi connectivity index (χ4n) is 8.51. The van der Waals surface area contributed by atoms with Gasteiger partial charge in [-0.15, -0.1) is 0 Å². The van der Waals surface area contributed by atoms with Crippen LogP contribution in [0, 0.1) is 11.6 Å². The molecule has 1 fully saturated rings. The minimum Gasteiger partial charge on any atom is -0.493 e. The highest BCUT2D eigenvalue weighted by Gasteiger charge is 2.32. The number of carbonyl (C=O) groups excluding carboxylic acids is 1. The Morgan fingerprint density at radius 3 is 1.66 bits per heavy atom. The third kappa shape index (κ3) is 9.93. The molecule has 0 aliphatic carbocycles. The number of nitrogens with zero attached hydrogens (tertiary/aromatic N) is 5. The van der Waals surface area contributed by atoms with Crippen LogP contribution >= 0.6 is 0 Å². The molecule has 7 aromatic rings. The molecule has 0 unspecified atom stereocenters. The van der Waals surface area contributed by atoms with Gasteiger partial charge in [-0.25, -0.2) is 18.7 Å². The summed E-state index contributed by atoms with van der Waals surface area (Å²) in [5, 5.41) is 0.258. The van der Waals surface area contributed by atoms with Crippen LogP contribution in [-0.2, 0) is 31.0 Å². The lowest BCUT2D eigenvalue weighted by Crippen LogP contribution is -2.40. The fourth-order valence-corrected chi connectivity index (χ4v) is 8.51.